The van der Waals surface area contributed by atoms with E-state index in [0.29, 0.717) is 0 Å². The molecule has 2 aromatic carbocycles. The van der Waals surface area contributed by atoms with E-state index in [0.717, 1.165) is 38.1 Å². The summed E-state index contributed by atoms with van der Waals surface area (Å²) in [6.07, 6.45) is 0. The fraction of sp³-hybridized carbons (Fsp3) is 0.105. The first-order valence-corrected chi connectivity index (χ1v) is 8.56. The van der Waals surface area contributed by atoms with Gasteiger partial charge < -0.3 is 0 Å². The van der Waals surface area contributed by atoms with Crippen LogP contribution in [0.2, 0.25) is 0 Å². The quantitative estimate of drug-likeness (QED) is 0.551. The zero-order chi connectivity index (χ0) is 16.5. The van der Waals surface area contributed by atoms with Crippen LogP contribution in [0.15, 0.2) is 70.6 Å². The zero-order valence-corrected chi connectivity index (χ0v) is 14.3. The van der Waals surface area contributed by atoms with E-state index in [9.17, 15) is 0 Å². The second-order valence-corrected chi connectivity index (χ2v) is 6.63. The predicted octanol–water partition coefficient (Wildman–Crippen LogP) is 4.56. The number of benzene rings is 2. The molecule has 118 valence electrons. The molecule has 2 heterocycles. The minimum absolute atomic E-state index is 0.800. The van der Waals surface area contributed by atoms with Crippen LogP contribution in [0, 0.1) is 13.8 Å². The van der Waals surface area contributed by atoms with E-state index in [1.807, 2.05) is 54.8 Å². The van der Waals surface area contributed by atoms with Crippen LogP contribution in [0.1, 0.15) is 11.4 Å². The molecule has 0 atom stereocenters. The van der Waals surface area contributed by atoms with Crippen molar-refractivity contribution in [3.8, 4) is 11.1 Å². The molecule has 0 spiro atoms. The van der Waals surface area contributed by atoms with Gasteiger partial charge in [0.15, 0.2) is 5.65 Å². The topological polar surface area (TPSA) is 43.1 Å². The van der Waals surface area contributed by atoms with Crippen molar-refractivity contribution in [2.45, 2.75) is 23.8 Å². The molecule has 0 N–H and O–H groups in total. The highest BCUT2D eigenvalue weighted by atomic mass is 32.2. The summed E-state index contributed by atoms with van der Waals surface area (Å²) in [5, 5.41) is 14.5. The fourth-order valence-electron chi connectivity index (χ4n) is 2.73. The summed E-state index contributed by atoms with van der Waals surface area (Å²) >= 11 is 1.61. The summed E-state index contributed by atoms with van der Waals surface area (Å²) in [5.41, 5.74) is 4.91. The molecule has 0 aliphatic carbocycles. The number of fused-ring (bicyclic) bond motifs is 1. The molecule has 0 radical (unpaired) electrons. The summed E-state index contributed by atoms with van der Waals surface area (Å²) in [6.45, 7) is 4.05. The minimum Gasteiger partial charge on any atom is -0.214 e. The minimum atomic E-state index is 0.800. The zero-order valence-electron chi connectivity index (χ0n) is 13.5. The molecule has 5 heteroatoms. The highest BCUT2D eigenvalue weighted by molar-refractivity contribution is 7.99. The molecule has 4 rings (SSSR count). The van der Waals surface area contributed by atoms with E-state index in [1.54, 1.807) is 11.8 Å². The van der Waals surface area contributed by atoms with Crippen molar-refractivity contribution < 1.29 is 0 Å². The molecular formula is C19H16N4S. The van der Waals surface area contributed by atoms with Crippen LogP contribution in [0.4, 0.5) is 0 Å². The number of aromatic nitrogens is 4. The lowest BCUT2D eigenvalue weighted by atomic mass is 10.1. The average Bonchev–Trinajstić information content (AvgIpc) is 2.96. The molecule has 0 bridgehead atoms. The van der Waals surface area contributed by atoms with E-state index in [1.165, 1.54) is 0 Å². The molecule has 0 unspecified atom stereocenters. The first-order valence-electron chi connectivity index (χ1n) is 7.75. The Morgan fingerprint density at radius 3 is 2.21 bits per heavy atom. The molecule has 4 aromatic rings. The highest BCUT2D eigenvalue weighted by Gasteiger charge is 2.17. The number of aryl methyl sites for hydroxylation is 2. The van der Waals surface area contributed by atoms with Crippen molar-refractivity contribution in [2.75, 3.05) is 0 Å². The van der Waals surface area contributed by atoms with Gasteiger partial charge in [0.05, 0.1) is 17.0 Å². The van der Waals surface area contributed by atoms with Crippen LogP contribution in [0.3, 0.4) is 0 Å². The molecule has 0 aliphatic rings. The van der Waals surface area contributed by atoms with Crippen LogP contribution in [0.5, 0.6) is 0 Å². The van der Waals surface area contributed by atoms with Crippen molar-refractivity contribution in [2.24, 2.45) is 0 Å². The van der Waals surface area contributed by atoms with Gasteiger partial charge in [0, 0.05) is 4.90 Å². The van der Waals surface area contributed by atoms with Gasteiger partial charge in [-0.05, 0) is 31.5 Å². The number of hydrogen-bond acceptors (Lipinski definition) is 4. The third-order valence-corrected chi connectivity index (χ3v) is 5.00. The van der Waals surface area contributed by atoms with Crippen molar-refractivity contribution >= 4 is 17.4 Å². The number of nitrogens with zero attached hydrogens (tertiary/aromatic N) is 4. The van der Waals surface area contributed by atoms with E-state index in [2.05, 4.69) is 34.5 Å². The van der Waals surface area contributed by atoms with E-state index < -0.39 is 0 Å². The Labute approximate surface area is 144 Å². The maximum absolute atomic E-state index is 4.69. The van der Waals surface area contributed by atoms with Gasteiger partial charge in [-0.15, -0.1) is 10.2 Å². The SMILES string of the molecule is Cc1nn2c(C)c(Sc3ccccc3)nnc2c1-c1ccccc1. The molecular weight excluding hydrogens is 316 g/mol. The monoisotopic (exact) mass is 332 g/mol. The van der Waals surface area contributed by atoms with Gasteiger partial charge in [-0.2, -0.15) is 5.10 Å². The lowest BCUT2D eigenvalue weighted by molar-refractivity contribution is 0.781. The lowest BCUT2D eigenvalue weighted by Gasteiger charge is -2.06. The first-order chi connectivity index (χ1) is 11.7. The molecule has 2 aromatic heterocycles. The van der Waals surface area contributed by atoms with Gasteiger partial charge in [0.25, 0.3) is 0 Å². The van der Waals surface area contributed by atoms with Crippen molar-refractivity contribution in [3.05, 3.63) is 72.1 Å². The van der Waals surface area contributed by atoms with Crippen molar-refractivity contribution in [1.82, 2.24) is 19.8 Å². The van der Waals surface area contributed by atoms with Gasteiger partial charge in [-0.1, -0.05) is 60.3 Å². The maximum Gasteiger partial charge on any atom is 0.185 e. The third-order valence-electron chi connectivity index (χ3n) is 3.92. The van der Waals surface area contributed by atoms with Crippen LogP contribution < -0.4 is 0 Å². The summed E-state index contributed by atoms with van der Waals surface area (Å²) in [7, 11) is 0. The highest BCUT2D eigenvalue weighted by Crippen LogP contribution is 2.31. The van der Waals surface area contributed by atoms with Gasteiger partial charge in [0.1, 0.15) is 5.03 Å². The van der Waals surface area contributed by atoms with Gasteiger partial charge in [0.2, 0.25) is 0 Å². The summed E-state index contributed by atoms with van der Waals surface area (Å²) in [6, 6.07) is 20.4. The van der Waals surface area contributed by atoms with Crippen LogP contribution in [-0.2, 0) is 0 Å². The Bertz CT molecular complexity index is 994. The Kier molecular flexibility index (Phi) is 3.78. The van der Waals surface area contributed by atoms with Gasteiger partial charge >= 0.3 is 0 Å². The number of rotatable bonds is 3. The van der Waals surface area contributed by atoms with Crippen molar-refractivity contribution in [1.29, 1.82) is 0 Å². The Balaban J connectivity index is 1.83. The largest absolute Gasteiger partial charge is 0.214 e. The second-order valence-electron chi connectivity index (χ2n) is 5.57. The van der Waals surface area contributed by atoms with Crippen LogP contribution >= 0.6 is 11.8 Å². The van der Waals surface area contributed by atoms with Crippen molar-refractivity contribution in [3.63, 3.8) is 0 Å². The van der Waals surface area contributed by atoms with Gasteiger partial charge in [-0.25, -0.2) is 4.52 Å². The maximum atomic E-state index is 4.69. The molecule has 24 heavy (non-hydrogen) atoms. The molecule has 0 saturated heterocycles. The average molecular weight is 332 g/mol. The van der Waals surface area contributed by atoms with Crippen LogP contribution in [-0.4, -0.2) is 19.8 Å². The molecule has 0 aliphatic heterocycles. The Morgan fingerprint density at radius 1 is 0.833 bits per heavy atom. The summed E-state index contributed by atoms with van der Waals surface area (Å²) < 4.78 is 1.90. The molecule has 4 nitrogen and oxygen atoms in total. The van der Waals surface area contributed by atoms with E-state index in [-0.39, 0.29) is 0 Å². The fourth-order valence-corrected chi connectivity index (χ4v) is 3.57. The standard InChI is InChI=1S/C19H16N4S/c1-13-17(15-9-5-3-6-10-15)18-20-21-19(14(2)23(18)22-13)24-16-11-7-4-8-12-16/h3-12H,1-2H3. The smallest absolute Gasteiger partial charge is 0.185 e. The van der Waals surface area contributed by atoms with E-state index in [4.69, 9.17) is 5.10 Å². The van der Waals surface area contributed by atoms with Crippen LogP contribution in [0.25, 0.3) is 16.8 Å². The molecule has 0 amide bonds. The Hall–Kier alpha value is -2.66. The second kappa shape index (κ2) is 6.09. The Morgan fingerprint density at radius 2 is 1.50 bits per heavy atom. The summed E-state index contributed by atoms with van der Waals surface area (Å²) in [5.74, 6) is 0. The lowest BCUT2D eigenvalue weighted by Crippen LogP contribution is -2.01. The normalized spacial score (nSPS) is 11.1. The number of hydrogen-bond donors (Lipinski definition) is 0. The molecule has 0 fully saturated rings. The van der Waals surface area contributed by atoms with E-state index >= 15 is 0 Å². The third kappa shape index (κ3) is 2.57. The molecule has 0 saturated carbocycles. The first kappa shape index (κ1) is 14.9. The van der Waals surface area contributed by atoms with Gasteiger partial charge in [-0.3, -0.25) is 0 Å². The predicted molar refractivity (Wildman–Crippen MR) is 96.3 cm³/mol. The summed E-state index contributed by atoms with van der Waals surface area (Å²) in [4.78, 5) is 1.14.